The number of benzene rings is 1. The van der Waals surface area contributed by atoms with E-state index in [0.29, 0.717) is 39.9 Å². The second kappa shape index (κ2) is 7.56. The molecule has 0 saturated heterocycles. The Hall–Kier alpha value is -0.840. The lowest BCUT2D eigenvalue weighted by atomic mass is 10.3. The van der Waals surface area contributed by atoms with E-state index in [1.54, 1.807) is 26.2 Å². The van der Waals surface area contributed by atoms with Gasteiger partial charge < -0.3 is 15.4 Å². The van der Waals surface area contributed by atoms with Gasteiger partial charge in [0, 0.05) is 19.1 Å². The summed E-state index contributed by atoms with van der Waals surface area (Å²) in [5.41, 5.74) is 0. The molecule has 7 heteroatoms. The van der Waals surface area contributed by atoms with Gasteiger partial charge in [-0.2, -0.15) is 0 Å². The van der Waals surface area contributed by atoms with E-state index in [1.807, 2.05) is 0 Å². The average Bonchev–Trinajstić information content (AvgIpc) is 2.32. The molecule has 0 atom stereocenters. The number of hydrogen-bond donors (Lipinski definition) is 2. The van der Waals surface area contributed by atoms with Crippen LogP contribution < -0.4 is 15.4 Å². The molecule has 0 aliphatic carbocycles. The zero-order valence-electron chi connectivity index (χ0n) is 10.1. The lowest BCUT2D eigenvalue weighted by Crippen LogP contribution is -2.37. The zero-order valence-corrected chi connectivity index (χ0v) is 12.3. The first kappa shape index (κ1) is 15.2. The number of rotatable bonds is 4. The topological polar surface area (TPSA) is 45.7 Å². The average molecular weight is 311 g/mol. The van der Waals surface area contributed by atoms with Crippen LogP contribution in [-0.4, -0.2) is 33.2 Å². The van der Waals surface area contributed by atoms with Crippen LogP contribution in [0.3, 0.4) is 0 Å². The van der Waals surface area contributed by atoms with Crippen LogP contribution in [0, 0.1) is 0 Å². The number of nitrogens with one attached hydrogen (secondary N) is 2. The Morgan fingerprint density at radius 3 is 2.39 bits per heavy atom. The van der Waals surface area contributed by atoms with Crippen LogP contribution in [0.2, 0.25) is 15.1 Å². The van der Waals surface area contributed by atoms with Gasteiger partial charge in [-0.25, -0.2) is 0 Å². The Bertz CT molecular complexity index is 415. The molecule has 4 nitrogen and oxygen atoms in total. The number of ether oxygens (including phenoxy) is 1. The molecular weight excluding hydrogens is 296 g/mol. The van der Waals surface area contributed by atoms with Crippen molar-refractivity contribution in [1.82, 2.24) is 10.6 Å². The van der Waals surface area contributed by atoms with Gasteiger partial charge in [0.2, 0.25) is 0 Å². The first-order valence-electron chi connectivity index (χ1n) is 5.24. The zero-order chi connectivity index (χ0) is 13.5. The maximum absolute atomic E-state index is 5.98. The number of nitrogens with zero attached hydrogens (tertiary/aromatic N) is 1. The van der Waals surface area contributed by atoms with Crippen LogP contribution in [0.1, 0.15) is 0 Å². The molecule has 0 aliphatic rings. The molecule has 2 N–H and O–H groups in total. The summed E-state index contributed by atoms with van der Waals surface area (Å²) in [6, 6.07) is 3.18. The summed E-state index contributed by atoms with van der Waals surface area (Å²) in [6.07, 6.45) is 0. The molecule has 1 aromatic carbocycles. The van der Waals surface area contributed by atoms with Gasteiger partial charge in [-0.05, 0) is 12.1 Å². The molecule has 0 unspecified atom stereocenters. The van der Waals surface area contributed by atoms with E-state index in [9.17, 15) is 0 Å². The highest BCUT2D eigenvalue weighted by atomic mass is 35.5. The maximum atomic E-state index is 5.98. The van der Waals surface area contributed by atoms with Crippen molar-refractivity contribution in [2.75, 3.05) is 27.2 Å². The van der Waals surface area contributed by atoms with Crippen LogP contribution in [0.25, 0.3) is 0 Å². The van der Waals surface area contributed by atoms with Crippen molar-refractivity contribution < 1.29 is 4.74 Å². The van der Waals surface area contributed by atoms with E-state index >= 15 is 0 Å². The SMILES string of the molecule is CN=C(NC)NCCOc1c(Cl)cc(Cl)cc1Cl. The quantitative estimate of drug-likeness (QED) is 0.511. The molecule has 0 radical (unpaired) electrons. The lowest BCUT2D eigenvalue weighted by molar-refractivity contribution is 0.322. The molecule has 0 spiro atoms. The van der Waals surface area contributed by atoms with E-state index in [-0.39, 0.29) is 0 Å². The Balaban J connectivity index is 2.50. The summed E-state index contributed by atoms with van der Waals surface area (Å²) in [7, 11) is 3.47. The molecule has 0 saturated carbocycles. The van der Waals surface area contributed by atoms with Crippen LogP contribution in [0.5, 0.6) is 5.75 Å². The third kappa shape index (κ3) is 4.44. The van der Waals surface area contributed by atoms with Crippen LogP contribution in [0.4, 0.5) is 0 Å². The standard InChI is InChI=1S/C11H14Cl3N3O/c1-15-11(16-2)17-3-4-18-10-8(13)5-7(12)6-9(10)14/h5-6H,3-4H2,1-2H3,(H2,15,16,17). The first-order valence-corrected chi connectivity index (χ1v) is 6.37. The minimum Gasteiger partial charge on any atom is -0.489 e. The van der Waals surface area contributed by atoms with Gasteiger partial charge in [-0.3, -0.25) is 4.99 Å². The van der Waals surface area contributed by atoms with Gasteiger partial charge in [0.1, 0.15) is 6.61 Å². The molecule has 0 fully saturated rings. The Kier molecular flexibility index (Phi) is 6.39. The number of halogens is 3. The van der Waals surface area contributed by atoms with E-state index in [2.05, 4.69) is 15.6 Å². The highest BCUT2D eigenvalue weighted by molar-refractivity contribution is 6.40. The van der Waals surface area contributed by atoms with E-state index in [4.69, 9.17) is 39.5 Å². The van der Waals surface area contributed by atoms with Gasteiger partial charge in [-0.1, -0.05) is 34.8 Å². The van der Waals surface area contributed by atoms with Crippen molar-refractivity contribution >= 4 is 40.8 Å². The van der Waals surface area contributed by atoms with Crippen molar-refractivity contribution in [2.24, 2.45) is 4.99 Å². The van der Waals surface area contributed by atoms with Crippen LogP contribution in [-0.2, 0) is 0 Å². The van der Waals surface area contributed by atoms with Gasteiger partial charge >= 0.3 is 0 Å². The molecular formula is C11H14Cl3N3O. The van der Waals surface area contributed by atoms with Crippen molar-refractivity contribution in [3.05, 3.63) is 27.2 Å². The summed E-state index contributed by atoms with van der Waals surface area (Å²) in [6.45, 7) is 0.977. The van der Waals surface area contributed by atoms with Gasteiger partial charge in [0.15, 0.2) is 11.7 Å². The van der Waals surface area contributed by atoms with Crippen LogP contribution >= 0.6 is 34.8 Å². The predicted molar refractivity (Wildman–Crippen MR) is 77.4 cm³/mol. The second-order valence-corrected chi connectivity index (χ2v) is 4.55. The third-order valence-electron chi connectivity index (χ3n) is 2.06. The summed E-state index contributed by atoms with van der Waals surface area (Å²) >= 11 is 17.8. The van der Waals surface area contributed by atoms with Crippen molar-refractivity contribution in [3.63, 3.8) is 0 Å². The molecule has 0 aromatic heterocycles. The van der Waals surface area contributed by atoms with E-state index in [0.717, 1.165) is 0 Å². The molecule has 100 valence electrons. The Morgan fingerprint density at radius 1 is 1.28 bits per heavy atom. The Morgan fingerprint density at radius 2 is 1.89 bits per heavy atom. The van der Waals surface area contributed by atoms with Gasteiger partial charge in [0.05, 0.1) is 16.6 Å². The number of guanidine groups is 1. The lowest BCUT2D eigenvalue weighted by Gasteiger charge is -2.12. The molecule has 1 rings (SSSR count). The fourth-order valence-corrected chi connectivity index (χ4v) is 2.19. The summed E-state index contributed by atoms with van der Waals surface area (Å²) < 4.78 is 5.49. The maximum Gasteiger partial charge on any atom is 0.190 e. The molecule has 18 heavy (non-hydrogen) atoms. The molecule has 0 aliphatic heterocycles. The fourth-order valence-electron chi connectivity index (χ4n) is 1.27. The van der Waals surface area contributed by atoms with Crippen molar-refractivity contribution in [1.29, 1.82) is 0 Å². The molecule has 0 heterocycles. The minimum absolute atomic E-state index is 0.394. The highest BCUT2D eigenvalue weighted by Crippen LogP contribution is 2.35. The van der Waals surface area contributed by atoms with E-state index in [1.165, 1.54) is 0 Å². The summed E-state index contributed by atoms with van der Waals surface area (Å²) in [4.78, 5) is 3.97. The number of aliphatic imine (C=N–C) groups is 1. The minimum atomic E-state index is 0.394. The monoisotopic (exact) mass is 309 g/mol. The van der Waals surface area contributed by atoms with Gasteiger partial charge in [-0.15, -0.1) is 0 Å². The van der Waals surface area contributed by atoms with E-state index < -0.39 is 0 Å². The third-order valence-corrected chi connectivity index (χ3v) is 2.84. The smallest absolute Gasteiger partial charge is 0.190 e. The van der Waals surface area contributed by atoms with Crippen molar-refractivity contribution in [3.8, 4) is 5.75 Å². The Labute approximate surface area is 121 Å². The predicted octanol–water partition coefficient (Wildman–Crippen LogP) is 2.82. The summed E-state index contributed by atoms with van der Waals surface area (Å²) in [5.74, 6) is 1.12. The largest absolute Gasteiger partial charge is 0.489 e. The second-order valence-electron chi connectivity index (χ2n) is 3.30. The van der Waals surface area contributed by atoms with Crippen LogP contribution in [0.15, 0.2) is 17.1 Å². The molecule has 0 bridgehead atoms. The fraction of sp³-hybridized carbons (Fsp3) is 0.364. The molecule has 1 aromatic rings. The summed E-state index contributed by atoms with van der Waals surface area (Å²) in [5, 5.41) is 7.20. The van der Waals surface area contributed by atoms with Crippen molar-refractivity contribution in [2.45, 2.75) is 0 Å². The highest BCUT2D eigenvalue weighted by Gasteiger charge is 2.08. The van der Waals surface area contributed by atoms with Gasteiger partial charge in [0.25, 0.3) is 0 Å². The number of hydrogen-bond acceptors (Lipinski definition) is 2. The first-order chi connectivity index (χ1) is 8.58. The normalized spacial score (nSPS) is 11.3. The molecule has 0 amide bonds.